The van der Waals surface area contributed by atoms with Crippen LogP contribution in [0.25, 0.3) is 0 Å². The van der Waals surface area contributed by atoms with Gasteiger partial charge >= 0.3 is 0 Å². The van der Waals surface area contributed by atoms with Crippen LogP contribution < -0.4 is 11.2 Å². The smallest absolute Gasteiger partial charge is 0.198 e. The summed E-state index contributed by atoms with van der Waals surface area (Å²) in [6.45, 7) is 1.78. The van der Waals surface area contributed by atoms with Crippen molar-refractivity contribution < 1.29 is 5.48 Å². The Bertz CT molecular complexity index is 308. The normalized spacial score (nSPS) is 8.91. The predicted octanol–water partition coefficient (Wildman–Crippen LogP) is 0.203. The lowest BCUT2D eigenvalue weighted by Gasteiger charge is -1.97. The quantitative estimate of drug-likeness (QED) is 0.655. The molecule has 11 heavy (non-hydrogen) atoms. The van der Waals surface area contributed by atoms with Crippen molar-refractivity contribution in [2.24, 2.45) is 0 Å². The molecule has 0 saturated heterocycles. The summed E-state index contributed by atoms with van der Waals surface area (Å²) < 4.78 is 0.543. The third kappa shape index (κ3) is 2.06. The Morgan fingerprint density at radius 2 is 2.18 bits per heavy atom. The molecule has 0 aliphatic heterocycles. The van der Waals surface area contributed by atoms with E-state index in [1.165, 1.54) is 6.07 Å². The van der Waals surface area contributed by atoms with Gasteiger partial charge in [0.05, 0.1) is 4.47 Å². The highest BCUT2D eigenvalue weighted by Crippen LogP contribution is 2.08. The number of aryl methyl sites for hydroxylation is 1. The number of pyridine rings is 1. The second kappa shape index (κ2) is 3.54. The van der Waals surface area contributed by atoms with Gasteiger partial charge in [-0.15, -0.1) is 0 Å². The predicted molar refractivity (Wildman–Crippen MR) is 47.5 cm³/mol. The van der Waals surface area contributed by atoms with E-state index in [2.05, 4.69) is 20.9 Å². The zero-order chi connectivity index (χ0) is 7.72. The van der Waals surface area contributed by atoms with Gasteiger partial charge in [-0.2, -0.15) is 0 Å². The van der Waals surface area contributed by atoms with Crippen LogP contribution in [0.15, 0.2) is 15.3 Å². The zero-order valence-electron chi connectivity index (χ0n) is 5.94. The molecule has 0 atom stereocenters. The van der Waals surface area contributed by atoms with E-state index in [9.17, 15) is 4.79 Å². The summed E-state index contributed by atoms with van der Waals surface area (Å²) in [4.78, 5) is 13.7. The molecule has 0 bridgehead atoms. The molecule has 0 aliphatic carbocycles. The minimum atomic E-state index is -0.0891. The number of hydrogen-bond donors (Lipinski definition) is 2. The van der Waals surface area contributed by atoms with Crippen molar-refractivity contribution >= 4 is 21.7 Å². The van der Waals surface area contributed by atoms with Crippen LogP contribution in [-0.4, -0.2) is 10.5 Å². The molecule has 0 aliphatic rings. The van der Waals surface area contributed by atoms with E-state index < -0.39 is 0 Å². The van der Waals surface area contributed by atoms with E-state index in [1.54, 1.807) is 6.92 Å². The molecule has 5 heteroatoms. The first-order chi connectivity index (χ1) is 4.61. The number of aromatic nitrogens is 1. The minimum Gasteiger partial charge on any atom is -0.412 e. The fourth-order valence-electron chi connectivity index (χ4n) is 0.697. The molecule has 0 spiro atoms. The highest BCUT2D eigenvalue weighted by atomic mass is 79.9. The van der Waals surface area contributed by atoms with Crippen LogP contribution in [0.4, 0.5) is 5.82 Å². The summed E-state index contributed by atoms with van der Waals surface area (Å²) in [6, 6.07) is 1.34. The van der Waals surface area contributed by atoms with E-state index in [4.69, 9.17) is 5.73 Å². The number of nitrogens with two attached hydrogens (primary N) is 1. The van der Waals surface area contributed by atoms with Gasteiger partial charge in [0.15, 0.2) is 5.43 Å². The molecule has 0 amide bonds. The SMILES string of the molecule is Cc1[nH]c(N)cc(=O)c1Br.O. The van der Waals surface area contributed by atoms with Crippen LogP contribution in [0.2, 0.25) is 0 Å². The minimum absolute atomic E-state index is 0. The monoisotopic (exact) mass is 220 g/mol. The second-order valence-electron chi connectivity index (χ2n) is 2.03. The van der Waals surface area contributed by atoms with Crippen LogP contribution in [0.3, 0.4) is 0 Å². The highest BCUT2D eigenvalue weighted by Gasteiger charge is 1.98. The van der Waals surface area contributed by atoms with Gasteiger partial charge in [-0.05, 0) is 22.9 Å². The number of aromatic amines is 1. The molecule has 0 unspecified atom stereocenters. The van der Waals surface area contributed by atoms with Crippen molar-refractivity contribution in [2.75, 3.05) is 5.73 Å². The van der Waals surface area contributed by atoms with Crippen molar-refractivity contribution in [2.45, 2.75) is 6.92 Å². The van der Waals surface area contributed by atoms with Crippen molar-refractivity contribution in [3.05, 3.63) is 26.5 Å². The van der Waals surface area contributed by atoms with Crippen molar-refractivity contribution in [3.8, 4) is 0 Å². The van der Waals surface area contributed by atoms with Crippen LogP contribution >= 0.6 is 15.9 Å². The van der Waals surface area contributed by atoms with Gasteiger partial charge in [0, 0.05) is 11.8 Å². The summed E-state index contributed by atoms with van der Waals surface area (Å²) in [6.07, 6.45) is 0. The Morgan fingerprint density at radius 3 is 2.64 bits per heavy atom. The fourth-order valence-corrected chi connectivity index (χ4v) is 0.910. The molecular formula is C6H9BrN2O2. The van der Waals surface area contributed by atoms with Gasteiger partial charge in [0.2, 0.25) is 0 Å². The maximum atomic E-state index is 10.9. The maximum absolute atomic E-state index is 10.9. The van der Waals surface area contributed by atoms with E-state index in [0.717, 1.165) is 5.69 Å². The van der Waals surface area contributed by atoms with Crippen molar-refractivity contribution in [1.29, 1.82) is 0 Å². The second-order valence-corrected chi connectivity index (χ2v) is 2.82. The number of nitrogens with one attached hydrogen (secondary N) is 1. The largest absolute Gasteiger partial charge is 0.412 e. The number of anilines is 1. The number of hydrogen-bond acceptors (Lipinski definition) is 2. The van der Waals surface area contributed by atoms with E-state index in [0.29, 0.717) is 10.3 Å². The Kier molecular flexibility index (Phi) is 3.28. The average Bonchev–Trinajstić information content (AvgIpc) is 1.82. The van der Waals surface area contributed by atoms with Crippen LogP contribution in [-0.2, 0) is 0 Å². The lowest BCUT2D eigenvalue weighted by atomic mass is 10.4. The third-order valence-corrected chi connectivity index (χ3v) is 2.15. The van der Waals surface area contributed by atoms with Crippen LogP contribution in [0.1, 0.15) is 5.69 Å². The molecule has 62 valence electrons. The van der Waals surface area contributed by atoms with E-state index in [1.807, 2.05) is 0 Å². The van der Waals surface area contributed by atoms with Gasteiger partial charge in [0.1, 0.15) is 5.82 Å². The van der Waals surface area contributed by atoms with Gasteiger partial charge in [0.25, 0.3) is 0 Å². The molecule has 0 fully saturated rings. The molecule has 5 N–H and O–H groups in total. The highest BCUT2D eigenvalue weighted by molar-refractivity contribution is 9.10. The van der Waals surface area contributed by atoms with Gasteiger partial charge in [-0.1, -0.05) is 0 Å². The number of H-pyrrole nitrogens is 1. The Hall–Kier alpha value is -0.810. The zero-order valence-corrected chi connectivity index (χ0v) is 7.53. The first-order valence-corrected chi connectivity index (χ1v) is 3.55. The molecule has 0 radical (unpaired) electrons. The average molecular weight is 221 g/mol. The number of halogens is 1. The number of rotatable bonds is 0. The van der Waals surface area contributed by atoms with Crippen LogP contribution in [0, 0.1) is 6.92 Å². The maximum Gasteiger partial charge on any atom is 0.198 e. The summed E-state index contributed by atoms with van der Waals surface area (Å²) in [5.74, 6) is 0.394. The van der Waals surface area contributed by atoms with Crippen LogP contribution in [0.5, 0.6) is 0 Å². The first kappa shape index (κ1) is 10.2. The van der Waals surface area contributed by atoms with Gasteiger partial charge in [-0.3, -0.25) is 4.79 Å². The molecule has 0 saturated carbocycles. The topological polar surface area (TPSA) is 90.4 Å². The third-order valence-electron chi connectivity index (χ3n) is 1.16. The Morgan fingerprint density at radius 1 is 1.64 bits per heavy atom. The Labute approximate surface area is 71.9 Å². The molecule has 1 heterocycles. The number of nitrogen functional groups attached to an aromatic ring is 1. The summed E-state index contributed by atoms with van der Waals surface area (Å²) in [7, 11) is 0. The van der Waals surface area contributed by atoms with E-state index in [-0.39, 0.29) is 10.9 Å². The van der Waals surface area contributed by atoms with Gasteiger partial charge in [-0.25, -0.2) is 0 Å². The fraction of sp³-hybridized carbons (Fsp3) is 0.167. The summed E-state index contributed by atoms with van der Waals surface area (Å²) >= 11 is 3.11. The summed E-state index contributed by atoms with van der Waals surface area (Å²) in [5, 5.41) is 0. The molecule has 1 aromatic rings. The summed E-state index contributed by atoms with van der Waals surface area (Å²) in [5.41, 5.74) is 6.02. The Balaban J connectivity index is 0.000001000. The molecule has 1 rings (SSSR count). The van der Waals surface area contributed by atoms with Gasteiger partial charge < -0.3 is 16.2 Å². The van der Waals surface area contributed by atoms with Crippen molar-refractivity contribution in [3.63, 3.8) is 0 Å². The molecule has 0 aromatic carbocycles. The molecule has 4 nitrogen and oxygen atoms in total. The van der Waals surface area contributed by atoms with Crippen molar-refractivity contribution in [1.82, 2.24) is 4.98 Å². The molecular weight excluding hydrogens is 212 g/mol. The standard InChI is InChI=1S/C6H7BrN2O.H2O/c1-3-6(7)4(10)2-5(8)9-3;/h2H,1H3,(H3,8,9,10);1H2. The lowest BCUT2D eigenvalue weighted by Crippen LogP contribution is -2.06. The lowest BCUT2D eigenvalue weighted by molar-refractivity contribution is 0.824. The van der Waals surface area contributed by atoms with E-state index >= 15 is 0 Å². The first-order valence-electron chi connectivity index (χ1n) is 2.76. The molecule has 1 aromatic heterocycles.